The molecule has 0 saturated carbocycles. The Kier molecular flexibility index (Phi) is 4.71. The molecule has 1 aliphatic rings. The van der Waals surface area contributed by atoms with E-state index in [1.807, 2.05) is 13.0 Å². The molecule has 0 radical (unpaired) electrons. The van der Waals surface area contributed by atoms with Gasteiger partial charge in [0.05, 0.1) is 11.8 Å². The van der Waals surface area contributed by atoms with E-state index in [0.29, 0.717) is 19.5 Å². The second-order valence-corrected chi connectivity index (χ2v) is 6.40. The highest BCUT2D eigenvalue weighted by Crippen LogP contribution is 2.25. The largest absolute Gasteiger partial charge is 0.396 e. The summed E-state index contributed by atoms with van der Waals surface area (Å²) in [5.41, 5.74) is 0. The standard InChI is InChI=1S/C10H18N2O3S/c1-9-6-12(7-10(9)8-13)16(14,15)5-3-2-4-11/h9-10,13H,2-3,5-8H2,1H3/t9-,10+/m1/s1. The Morgan fingerprint density at radius 2 is 2.19 bits per heavy atom. The van der Waals surface area contributed by atoms with Gasteiger partial charge in [-0.2, -0.15) is 5.26 Å². The van der Waals surface area contributed by atoms with Crippen molar-refractivity contribution in [2.24, 2.45) is 11.8 Å². The molecule has 0 spiro atoms. The molecule has 1 aliphatic heterocycles. The number of aliphatic hydroxyl groups excluding tert-OH is 1. The maximum Gasteiger partial charge on any atom is 0.214 e. The fourth-order valence-electron chi connectivity index (χ4n) is 1.91. The van der Waals surface area contributed by atoms with Crippen LogP contribution in [0.25, 0.3) is 0 Å². The zero-order valence-corrected chi connectivity index (χ0v) is 10.3. The quantitative estimate of drug-likeness (QED) is 0.702. The molecule has 0 bridgehead atoms. The summed E-state index contributed by atoms with van der Waals surface area (Å²) in [5.74, 6) is 0.285. The maximum atomic E-state index is 11.8. The number of nitriles is 1. The Balaban J connectivity index is 2.55. The highest BCUT2D eigenvalue weighted by atomic mass is 32.2. The van der Waals surface area contributed by atoms with E-state index in [1.165, 1.54) is 4.31 Å². The average molecular weight is 246 g/mol. The number of hydrogen-bond acceptors (Lipinski definition) is 4. The highest BCUT2D eigenvalue weighted by molar-refractivity contribution is 7.89. The summed E-state index contributed by atoms with van der Waals surface area (Å²) >= 11 is 0. The van der Waals surface area contributed by atoms with Gasteiger partial charge in [-0.3, -0.25) is 0 Å². The third kappa shape index (κ3) is 3.17. The molecule has 16 heavy (non-hydrogen) atoms. The van der Waals surface area contributed by atoms with E-state index in [9.17, 15) is 8.42 Å². The van der Waals surface area contributed by atoms with Crippen molar-refractivity contribution in [1.29, 1.82) is 5.26 Å². The van der Waals surface area contributed by atoms with Crippen LogP contribution < -0.4 is 0 Å². The molecule has 1 rings (SSSR count). The van der Waals surface area contributed by atoms with E-state index < -0.39 is 10.0 Å². The number of nitrogens with zero attached hydrogens (tertiary/aromatic N) is 2. The van der Waals surface area contributed by atoms with Gasteiger partial charge in [0.1, 0.15) is 0 Å². The van der Waals surface area contributed by atoms with Gasteiger partial charge in [0, 0.05) is 26.1 Å². The van der Waals surface area contributed by atoms with Crippen LogP contribution in [0.5, 0.6) is 0 Å². The molecular weight excluding hydrogens is 228 g/mol. The molecular formula is C10H18N2O3S. The van der Waals surface area contributed by atoms with Crippen molar-refractivity contribution in [3.8, 4) is 6.07 Å². The van der Waals surface area contributed by atoms with E-state index in [2.05, 4.69) is 0 Å². The molecule has 5 nitrogen and oxygen atoms in total. The second kappa shape index (κ2) is 5.62. The summed E-state index contributed by atoms with van der Waals surface area (Å²) in [4.78, 5) is 0. The first-order valence-electron chi connectivity index (χ1n) is 5.47. The molecule has 0 unspecified atom stereocenters. The average Bonchev–Trinajstić information content (AvgIpc) is 2.60. The van der Waals surface area contributed by atoms with Crippen LogP contribution in [0.2, 0.25) is 0 Å². The molecule has 0 amide bonds. The molecule has 92 valence electrons. The zero-order valence-electron chi connectivity index (χ0n) is 9.46. The predicted molar refractivity (Wildman–Crippen MR) is 59.9 cm³/mol. The van der Waals surface area contributed by atoms with E-state index >= 15 is 0 Å². The summed E-state index contributed by atoms with van der Waals surface area (Å²) in [7, 11) is -3.24. The van der Waals surface area contributed by atoms with Crippen molar-refractivity contribution < 1.29 is 13.5 Å². The van der Waals surface area contributed by atoms with Crippen LogP contribution in [0.15, 0.2) is 0 Å². The van der Waals surface area contributed by atoms with Crippen LogP contribution >= 0.6 is 0 Å². The van der Waals surface area contributed by atoms with Crippen LogP contribution in [-0.2, 0) is 10.0 Å². The Bertz CT molecular complexity index is 361. The number of hydrogen-bond donors (Lipinski definition) is 1. The van der Waals surface area contributed by atoms with Crippen molar-refractivity contribution in [3.05, 3.63) is 0 Å². The Morgan fingerprint density at radius 3 is 2.69 bits per heavy atom. The summed E-state index contributed by atoms with van der Waals surface area (Å²) in [6, 6.07) is 1.94. The lowest BCUT2D eigenvalue weighted by Crippen LogP contribution is -2.31. The number of sulfonamides is 1. The topological polar surface area (TPSA) is 81.4 Å². The summed E-state index contributed by atoms with van der Waals surface area (Å²) in [6.07, 6.45) is 0.652. The van der Waals surface area contributed by atoms with E-state index in [0.717, 1.165) is 0 Å². The first kappa shape index (κ1) is 13.4. The molecule has 0 aromatic rings. The third-order valence-electron chi connectivity index (χ3n) is 3.05. The van der Waals surface area contributed by atoms with Crippen molar-refractivity contribution in [3.63, 3.8) is 0 Å². The maximum absolute atomic E-state index is 11.8. The molecule has 0 aliphatic carbocycles. The normalized spacial score (nSPS) is 26.8. The van der Waals surface area contributed by atoms with Crippen LogP contribution in [-0.4, -0.2) is 43.3 Å². The van der Waals surface area contributed by atoms with E-state index in [-0.39, 0.29) is 30.6 Å². The minimum absolute atomic E-state index is 0.0331. The lowest BCUT2D eigenvalue weighted by Gasteiger charge is -2.15. The monoisotopic (exact) mass is 246 g/mol. The third-order valence-corrected chi connectivity index (χ3v) is 4.94. The van der Waals surface area contributed by atoms with Crippen LogP contribution in [0, 0.1) is 23.2 Å². The van der Waals surface area contributed by atoms with Crippen molar-refractivity contribution in [2.75, 3.05) is 25.4 Å². The van der Waals surface area contributed by atoms with Gasteiger partial charge in [-0.25, -0.2) is 12.7 Å². The molecule has 2 atom stereocenters. The molecule has 1 fully saturated rings. The fraction of sp³-hybridized carbons (Fsp3) is 0.900. The van der Waals surface area contributed by atoms with Gasteiger partial charge in [-0.1, -0.05) is 6.92 Å². The van der Waals surface area contributed by atoms with Crippen molar-refractivity contribution in [2.45, 2.75) is 19.8 Å². The van der Waals surface area contributed by atoms with Crippen LogP contribution in [0.1, 0.15) is 19.8 Å². The molecule has 0 aromatic heterocycles. The minimum Gasteiger partial charge on any atom is -0.396 e. The van der Waals surface area contributed by atoms with E-state index in [4.69, 9.17) is 10.4 Å². The fourth-order valence-corrected chi connectivity index (χ4v) is 3.56. The number of aliphatic hydroxyl groups is 1. The number of rotatable bonds is 5. The van der Waals surface area contributed by atoms with Crippen molar-refractivity contribution >= 4 is 10.0 Å². The SMILES string of the molecule is C[C@@H]1CN(S(=O)(=O)CCCC#N)C[C@H]1CO. The zero-order chi connectivity index (χ0) is 12.2. The second-order valence-electron chi connectivity index (χ2n) is 4.31. The molecule has 1 N–H and O–H groups in total. The Labute approximate surface area is 96.7 Å². The van der Waals surface area contributed by atoms with Gasteiger partial charge >= 0.3 is 0 Å². The summed E-state index contributed by atoms with van der Waals surface area (Å²) in [5, 5.41) is 17.4. The predicted octanol–water partition coefficient (Wildman–Crippen LogP) is 0.180. The Hall–Kier alpha value is -0.640. The van der Waals surface area contributed by atoms with E-state index in [1.54, 1.807) is 0 Å². The van der Waals surface area contributed by atoms with Gasteiger partial charge in [0.2, 0.25) is 10.0 Å². The molecule has 1 heterocycles. The first-order chi connectivity index (χ1) is 7.51. The summed E-state index contributed by atoms with van der Waals surface area (Å²) in [6.45, 7) is 2.88. The minimum atomic E-state index is -3.24. The smallest absolute Gasteiger partial charge is 0.214 e. The van der Waals surface area contributed by atoms with Gasteiger partial charge in [0.25, 0.3) is 0 Å². The lowest BCUT2D eigenvalue weighted by atomic mass is 10.00. The van der Waals surface area contributed by atoms with Crippen LogP contribution in [0.3, 0.4) is 0 Å². The summed E-state index contributed by atoms with van der Waals surface area (Å²) < 4.78 is 25.1. The Morgan fingerprint density at radius 1 is 1.50 bits per heavy atom. The highest BCUT2D eigenvalue weighted by Gasteiger charge is 2.35. The lowest BCUT2D eigenvalue weighted by molar-refractivity contribution is 0.210. The molecule has 1 saturated heterocycles. The molecule has 0 aromatic carbocycles. The van der Waals surface area contributed by atoms with Gasteiger partial charge in [-0.05, 0) is 18.3 Å². The van der Waals surface area contributed by atoms with Gasteiger partial charge in [0.15, 0.2) is 0 Å². The van der Waals surface area contributed by atoms with Crippen LogP contribution in [0.4, 0.5) is 0 Å². The van der Waals surface area contributed by atoms with Crippen molar-refractivity contribution in [1.82, 2.24) is 4.31 Å². The molecule has 6 heteroatoms. The first-order valence-corrected chi connectivity index (χ1v) is 7.08. The van der Waals surface area contributed by atoms with Gasteiger partial charge < -0.3 is 5.11 Å². The van der Waals surface area contributed by atoms with Gasteiger partial charge in [-0.15, -0.1) is 0 Å². The number of unbranched alkanes of at least 4 members (excludes halogenated alkanes) is 1.